The minimum Gasteiger partial charge on any atom is -0.479 e. The Hall–Kier alpha value is -2.87. The number of halogens is 1. The monoisotopic (exact) mass is 298 g/mol. The highest BCUT2D eigenvalue weighted by Crippen LogP contribution is 2.07. The Bertz CT molecular complexity index is 685. The van der Waals surface area contributed by atoms with Crippen LogP contribution in [0.25, 0.3) is 0 Å². The first kappa shape index (κ1) is 15.5. The van der Waals surface area contributed by atoms with Gasteiger partial charge in [-0.1, -0.05) is 11.8 Å². The molecule has 1 aromatic heterocycles. The summed E-state index contributed by atoms with van der Waals surface area (Å²) in [5.41, 5.74) is 1.31. The Morgan fingerprint density at radius 3 is 2.68 bits per heavy atom. The maximum Gasteiger partial charge on any atom is 0.252 e. The lowest BCUT2D eigenvalue weighted by atomic mass is 10.2. The number of nitrogens with zero attached hydrogens (tertiary/aromatic N) is 1. The predicted octanol–water partition coefficient (Wildman–Crippen LogP) is 2.34. The Morgan fingerprint density at radius 2 is 2.00 bits per heavy atom. The summed E-state index contributed by atoms with van der Waals surface area (Å²) in [6.07, 6.45) is 1.63. The largest absolute Gasteiger partial charge is 0.479 e. The van der Waals surface area contributed by atoms with Gasteiger partial charge in [0.15, 0.2) is 0 Å². The lowest BCUT2D eigenvalue weighted by molar-refractivity contribution is 0.0958. The van der Waals surface area contributed by atoms with E-state index < -0.39 is 0 Å². The van der Waals surface area contributed by atoms with E-state index in [1.165, 1.54) is 24.3 Å². The molecule has 1 N–H and O–H groups in total. The predicted molar refractivity (Wildman–Crippen MR) is 81.0 cm³/mol. The first-order valence-electron chi connectivity index (χ1n) is 6.70. The number of hydrogen-bond donors (Lipinski definition) is 1. The van der Waals surface area contributed by atoms with Gasteiger partial charge in [0.1, 0.15) is 18.2 Å². The Labute approximate surface area is 128 Å². The zero-order chi connectivity index (χ0) is 15.8. The summed E-state index contributed by atoms with van der Waals surface area (Å²) in [7, 11) is 0. The fourth-order valence-electron chi connectivity index (χ4n) is 1.60. The first-order valence-corrected chi connectivity index (χ1v) is 6.70. The summed E-state index contributed by atoms with van der Waals surface area (Å²) in [6, 6.07) is 9.00. The van der Waals surface area contributed by atoms with Crippen LogP contribution in [-0.4, -0.2) is 24.0 Å². The number of aromatic nitrogens is 1. The number of rotatable bonds is 4. The van der Waals surface area contributed by atoms with Gasteiger partial charge in [-0.2, -0.15) is 0 Å². The van der Waals surface area contributed by atoms with Crippen molar-refractivity contribution in [2.45, 2.75) is 6.92 Å². The minimum atomic E-state index is -0.376. The highest BCUT2D eigenvalue weighted by molar-refractivity contribution is 5.94. The molecule has 5 heteroatoms. The molecule has 0 radical (unpaired) electrons. The molecule has 22 heavy (non-hydrogen) atoms. The standard InChI is InChI=1S/C17H15FN2O2/c1-13-4-9-16(12-20-13)22-11-3-2-10-19-17(21)14-5-7-15(18)8-6-14/h4-9,12H,10-11H2,1H3,(H,19,21). The molecule has 0 aliphatic carbocycles. The Kier molecular flexibility index (Phi) is 5.50. The average Bonchev–Trinajstić information content (AvgIpc) is 2.53. The van der Waals surface area contributed by atoms with Gasteiger partial charge in [0.05, 0.1) is 12.7 Å². The summed E-state index contributed by atoms with van der Waals surface area (Å²) in [4.78, 5) is 15.8. The molecule has 0 saturated heterocycles. The molecule has 0 aliphatic rings. The summed E-state index contributed by atoms with van der Waals surface area (Å²) in [6.45, 7) is 2.32. The number of carbonyl (C=O) groups is 1. The molecule has 0 unspecified atom stereocenters. The fourth-order valence-corrected chi connectivity index (χ4v) is 1.60. The second-order valence-corrected chi connectivity index (χ2v) is 4.47. The van der Waals surface area contributed by atoms with Crippen LogP contribution in [0.15, 0.2) is 42.6 Å². The maximum absolute atomic E-state index is 12.7. The molecule has 0 bridgehead atoms. The zero-order valence-electron chi connectivity index (χ0n) is 12.1. The van der Waals surface area contributed by atoms with E-state index in [-0.39, 0.29) is 24.9 Å². The number of pyridine rings is 1. The molecule has 0 spiro atoms. The van der Waals surface area contributed by atoms with Gasteiger partial charge in [-0.3, -0.25) is 9.78 Å². The molecule has 1 amide bonds. The molecule has 0 atom stereocenters. The number of hydrogen-bond acceptors (Lipinski definition) is 3. The zero-order valence-corrected chi connectivity index (χ0v) is 12.1. The quantitative estimate of drug-likeness (QED) is 0.882. The number of carbonyl (C=O) groups excluding carboxylic acids is 1. The van der Waals surface area contributed by atoms with Crippen molar-refractivity contribution in [3.8, 4) is 17.6 Å². The van der Waals surface area contributed by atoms with Crippen LogP contribution in [0, 0.1) is 24.6 Å². The van der Waals surface area contributed by atoms with Crippen molar-refractivity contribution in [2.75, 3.05) is 13.2 Å². The molecule has 4 nitrogen and oxygen atoms in total. The molecular weight excluding hydrogens is 283 g/mol. The van der Waals surface area contributed by atoms with Gasteiger partial charge in [0.25, 0.3) is 5.91 Å². The SMILES string of the molecule is Cc1ccc(OCC#CCNC(=O)c2ccc(F)cc2)cn1. The van der Waals surface area contributed by atoms with Crippen LogP contribution >= 0.6 is 0 Å². The first-order chi connectivity index (χ1) is 10.6. The van der Waals surface area contributed by atoms with Crippen LogP contribution in [0.4, 0.5) is 4.39 Å². The van der Waals surface area contributed by atoms with Gasteiger partial charge < -0.3 is 10.1 Å². The van der Waals surface area contributed by atoms with Gasteiger partial charge in [0.2, 0.25) is 0 Å². The summed E-state index contributed by atoms with van der Waals surface area (Å²) in [5.74, 6) is 5.55. The van der Waals surface area contributed by atoms with E-state index in [1.54, 1.807) is 6.20 Å². The van der Waals surface area contributed by atoms with Gasteiger partial charge in [-0.25, -0.2) is 4.39 Å². The number of nitrogens with one attached hydrogen (secondary N) is 1. The van der Waals surface area contributed by atoms with E-state index in [4.69, 9.17) is 4.74 Å². The fraction of sp³-hybridized carbons (Fsp3) is 0.176. The smallest absolute Gasteiger partial charge is 0.252 e. The molecule has 0 aliphatic heterocycles. The molecular formula is C17H15FN2O2. The van der Waals surface area contributed by atoms with Gasteiger partial charge in [-0.05, 0) is 43.3 Å². The topological polar surface area (TPSA) is 51.2 Å². The van der Waals surface area contributed by atoms with E-state index in [0.717, 1.165) is 5.69 Å². The number of benzene rings is 1. The second kappa shape index (κ2) is 7.79. The van der Waals surface area contributed by atoms with Crippen LogP contribution in [-0.2, 0) is 0 Å². The van der Waals surface area contributed by atoms with Gasteiger partial charge >= 0.3 is 0 Å². The van der Waals surface area contributed by atoms with Crippen LogP contribution in [0.3, 0.4) is 0 Å². The van der Waals surface area contributed by atoms with E-state index in [2.05, 4.69) is 22.1 Å². The van der Waals surface area contributed by atoms with E-state index in [1.807, 2.05) is 19.1 Å². The van der Waals surface area contributed by atoms with E-state index >= 15 is 0 Å². The third-order valence-electron chi connectivity index (χ3n) is 2.76. The van der Waals surface area contributed by atoms with Gasteiger partial charge in [-0.15, -0.1) is 0 Å². The molecule has 1 aromatic carbocycles. The normalized spacial score (nSPS) is 9.55. The van der Waals surface area contributed by atoms with Crippen molar-refractivity contribution in [1.82, 2.24) is 10.3 Å². The summed E-state index contributed by atoms with van der Waals surface area (Å²) < 4.78 is 18.1. The second-order valence-electron chi connectivity index (χ2n) is 4.47. The Morgan fingerprint density at radius 1 is 1.23 bits per heavy atom. The van der Waals surface area contributed by atoms with Crippen LogP contribution < -0.4 is 10.1 Å². The molecule has 1 heterocycles. The maximum atomic E-state index is 12.7. The van der Waals surface area contributed by atoms with Crippen molar-refractivity contribution < 1.29 is 13.9 Å². The number of amides is 1. The summed E-state index contributed by atoms with van der Waals surface area (Å²) >= 11 is 0. The highest BCUT2D eigenvalue weighted by Gasteiger charge is 2.03. The van der Waals surface area contributed by atoms with E-state index in [0.29, 0.717) is 11.3 Å². The summed E-state index contributed by atoms with van der Waals surface area (Å²) in [5, 5.41) is 2.62. The van der Waals surface area contributed by atoms with Crippen molar-refractivity contribution in [2.24, 2.45) is 0 Å². The average molecular weight is 298 g/mol. The lowest BCUT2D eigenvalue weighted by Crippen LogP contribution is -2.23. The third-order valence-corrected chi connectivity index (χ3v) is 2.76. The van der Waals surface area contributed by atoms with Gasteiger partial charge in [0, 0.05) is 11.3 Å². The van der Waals surface area contributed by atoms with Crippen molar-refractivity contribution in [3.05, 3.63) is 59.7 Å². The highest BCUT2D eigenvalue weighted by atomic mass is 19.1. The number of ether oxygens (including phenoxy) is 1. The van der Waals surface area contributed by atoms with Crippen LogP contribution in [0.5, 0.6) is 5.75 Å². The molecule has 0 fully saturated rings. The third kappa shape index (κ3) is 4.91. The molecule has 112 valence electrons. The van der Waals surface area contributed by atoms with Crippen LogP contribution in [0.1, 0.15) is 16.1 Å². The molecule has 2 aromatic rings. The molecule has 2 rings (SSSR count). The Balaban J connectivity index is 1.71. The minimum absolute atomic E-state index is 0.200. The number of aryl methyl sites for hydroxylation is 1. The van der Waals surface area contributed by atoms with E-state index in [9.17, 15) is 9.18 Å². The molecule has 0 saturated carbocycles. The van der Waals surface area contributed by atoms with Crippen molar-refractivity contribution >= 4 is 5.91 Å². The van der Waals surface area contributed by atoms with Crippen LogP contribution in [0.2, 0.25) is 0 Å². The lowest BCUT2D eigenvalue weighted by Gasteiger charge is -2.01. The van der Waals surface area contributed by atoms with Crippen molar-refractivity contribution in [1.29, 1.82) is 0 Å². The van der Waals surface area contributed by atoms with Crippen molar-refractivity contribution in [3.63, 3.8) is 0 Å².